The van der Waals surface area contributed by atoms with E-state index in [1.807, 2.05) is 16.7 Å². The Morgan fingerprint density at radius 3 is 2.86 bits per heavy atom. The van der Waals surface area contributed by atoms with E-state index in [4.69, 9.17) is 0 Å². The van der Waals surface area contributed by atoms with Crippen LogP contribution in [0.4, 0.5) is 9.52 Å². The molecule has 1 amide bonds. The van der Waals surface area contributed by atoms with Crippen molar-refractivity contribution in [3.8, 4) is 0 Å². The monoisotopic (exact) mass is 421 g/mol. The van der Waals surface area contributed by atoms with Crippen LogP contribution in [0.2, 0.25) is 0 Å². The fourth-order valence-corrected chi connectivity index (χ4v) is 6.29. The van der Waals surface area contributed by atoms with Crippen molar-refractivity contribution in [1.82, 2.24) is 20.1 Å². The third-order valence-corrected chi connectivity index (χ3v) is 7.95. The summed E-state index contributed by atoms with van der Waals surface area (Å²) in [6.07, 6.45) is 0.903. The van der Waals surface area contributed by atoms with E-state index in [-0.39, 0.29) is 17.8 Å². The number of anilines is 1. The van der Waals surface area contributed by atoms with Crippen molar-refractivity contribution in [3.63, 3.8) is 0 Å². The maximum absolute atomic E-state index is 13.4. The molecule has 2 aromatic rings. The Labute approximate surface area is 172 Å². The van der Waals surface area contributed by atoms with Crippen LogP contribution in [0.3, 0.4) is 0 Å². The van der Waals surface area contributed by atoms with Crippen LogP contribution in [0, 0.1) is 5.82 Å². The van der Waals surface area contributed by atoms with Crippen molar-refractivity contribution in [2.24, 2.45) is 0 Å². The second kappa shape index (κ2) is 7.78. The largest absolute Gasteiger partial charge is 0.345 e. The highest BCUT2D eigenvalue weighted by Crippen LogP contribution is 2.30. The van der Waals surface area contributed by atoms with Gasteiger partial charge in [0.25, 0.3) is 0 Å². The minimum atomic E-state index is -0.210. The summed E-state index contributed by atoms with van der Waals surface area (Å²) in [5, 5.41) is 4.42. The third kappa shape index (κ3) is 3.60. The van der Waals surface area contributed by atoms with Crippen molar-refractivity contribution in [3.05, 3.63) is 24.0 Å². The van der Waals surface area contributed by atoms with Gasteiger partial charge in [-0.15, -0.1) is 11.8 Å². The number of benzene rings is 1. The van der Waals surface area contributed by atoms with Gasteiger partial charge in [0.05, 0.1) is 22.1 Å². The number of halogens is 1. The van der Waals surface area contributed by atoms with Crippen molar-refractivity contribution < 1.29 is 9.18 Å². The van der Waals surface area contributed by atoms with Crippen LogP contribution < -0.4 is 10.2 Å². The third-order valence-electron chi connectivity index (χ3n) is 5.91. The van der Waals surface area contributed by atoms with Crippen molar-refractivity contribution in [2.45, 2.75) is 18.5 Å². The van der Waals surface area contributed by atoms with Gasteiger partial charge in [0.2, 0.25) is 5.91 Å². The Balaban J connectivity index is 1.17. The van der Waals surface area contributed by atoms with Crippen LogP contribution >= 0.6 is 23.1 Å². The summed E-state index contributed by atoms with van der Waals surface area (Å²) in [7, 11) is 0. The molecular weight excluding hydrogens is 397 g/mol. The summed E-state index contributed by atoms with van der Waals surface area (Å²) >= 11 is 3.40. The molecule has 0 unspecified atom stereocenters. The maximum Gasteiger partial charge on any atom is 0.240 e. The van der Waals surface area contributed by atoms with Crippen molar-refractivity contribution in [2.75, 3.05) is 55.8 Å². The van der Waals surface area contributed by atoms with E-state index in [1.165, 1.54) is 6.07 Å². The predicted molar refractivity (Wildman–Crippen MR) is 113 cm³/mol. The maximum atomic E-state index is 13.4. The van der Waals surface area contributed by atoms with Gasteiger partial charge in [-0.3, -0.25) is 9.69 Å². The fourth-order valence-electron chi connectivity index (χ4n) is 4.29. The van der Waals surface area contributed by atoms with Crippen molar-refractivity contribution >= 4 is 44.4 Å². The van der Waals surface area contributed by atoms with Crippen LogP contribution in [-0.2, 0) is 4.79 Å². The first-order valence-corrected chi connectivity index (χ1v) is 11.8. The van der Waals surface area contributed by atoms with Gasteiger partial charge in [-0.2, -0.15) is 0 Å². The van der Waals surface area contributed by atoms with E-state index in [0.29, 0.717) is 6.04 Å². The van der Waals surface area contributed by atoms with Crippen LogP contribution in [-0.4, -0.2) is 83.7 Å². The molecule has 9 heteroatoms. The number of nitrogens with zero attached hydrogens (tertiary/aromatic N) is 4. The molecule has 150 valence electrons. The summed E-state index contributed by atoms with van der Waals surface area (Å²) in [5.74, 6) is 1.96. The number of fused-ring (bicyclic) bond motifs is 1. The van der Waals surface area contributed by atoms with E-state index in [1.54, 1.807) is 23.5 Å². The minimum absolute atomic E-state index is 0.0270. The van der Waals surface area contributed by atoms with Crippen LogP contribution in [0.1, 0.15) is 6.42 Å². The van der Waals surface area contributed by atoms with Gasteiger partial charge < -0.3 is 15.1 Å². The summed E-state index contributed by atoms with van der Waals surface area (Å²) < 4.78 is 14.3. The topological polar surface area (TPSA) is 51.7 Å². The number of amides is 1. The van der Waals surface area contributed by atoms with Crippen molar-refractivity contribution in [1.29, 1.82) is 0 Å². The molecule has 1 N–H and O–H groups in total. The molecule has 2 atom stereocenters. The molecule has 1 aromatic carbocycles. The summed E-state index contributed by atoms with van der Waals surface area (Å²) in [6, 6.07) is 5.18. The Bertz CT molecular complexity index is 863. The Hall–Kier alpha value is -1.42. The van der Waals surface area contributed by atoms with Crippen LogP contribution in [0.25, 0.3) is 10.2 Å². The van der Waals surface area contributed by atoms with Gasteiger partial charge in [-0.05, 0) is 24.6 Å². The smallest absolute Gasteiger partial charge is 0.240 e. The number of carbonyl (C=O) groups excluding carboxylic acids is 1. The first-order valence-electron chi connectivity index (χ1n) is 9.82. The number of nitrogens with one attached hydrogen (secondary N) is 1. The number of hydrogen-bond donors (Lipinski definition) is 1. The number of aromatic nitrogens is 1. The molecular formula is C19H24FN5OS2. The molecule has 3 fully saturated rings. The van der Waals surface area contributed by atoms with E-state index in [9.17, 15) is 9.18 Å². The second-order valence-corrected chi connectivity index (χ2v) is 9.70. The Morgan fingerprint density at radius 2 is 2.07 bits per heavy atom. The summed E-state index contributed by atoms with van der Waals surface area (Å²) in [4.78, 5) is 24.1. The molecule has 28 heavy (non-hydrogen) atoms. The normalized spacial score (nSPS) is 26.5. The molecule has 0 spiro atoms. The Kier molecular flexibility index (Phi) is 5.17. The van der Waals surface area contributed by atoms with Gasteiger partial charge >= 0.3 is 0 Å². The van der Waals surface area contributed by atoms with E-state index in [2.05, 4.69) is 20.1 Å². The number of thioether (sulfide) groups is 1. The zero-order valence-electron chi connectivity index (χ0n) is 15.6. The Morgan fingerprint density at radius 1 is 1.21 bits per heavy atom. The van der Waals surface area contributed by atoms with Crippen LogP contribution in [0.15, 0.2) is 18.2 Å². The lowest BCUT2D eigenvalue weighted by Gasteiger charge is -2.37. The molecule has 1 aromatic heterocycles. The lowest BCUT2D eigenvalue weighted by molar-refractivity contribution is -0.131. The van der Waals surface area contributed by atoms with Crippen LogP contribution in [0.5, 0.6) is 0 Å². The fraction of sp³-hybridized carbons (Fsp3) is 0.579. The molecule has 3 aliphatic rings. The summed E-state index contributed by atoms with van der Waals surface area (Å²) in [5.41, 5.74) is 0.866. The summed E-state index contributed by atoms with van der Waals surface area (Å²) in [6.45, 7) is 5.55. The zero-order valence-corrected chi connectivity index (χ0v) is 17.3. The van der Waals surface area contributed by atoms with Gasteiger partial charge in [0.15, 0.2) is 5.13 Å². The van der Waals surface area contributed by atoms with E-state index in [0.717, 1.165) is 72.7 Å². The van der Waals surface area contributed by atoms with Gasteiger partial charge in [-0.25, -0.2) is 9.37 Å². The molecule has 5 rings (SSSR count). The molecule has 0 bridgehead atoms. The molecule has 3 saturated heterocycles. The minimum Gasteiger partial charge on any atom is -0.345 e. The number of rotatable bonds is 3. The zero-order chi connectivity index (χ0) is 19.1. The lowest BCUT2D eigenvalue weighted by atomic mass is 10.1. The molecule has 4 heterocycles. The highest BCUT2D eigenvalue weighted by Gasteiger charge is 2.36. The highest BCUT2D eigenvalue weighted by atomic mass is 32.2. The number of piperazine rings is 1. The van der Waals surface area contributed by atoms with Gasteiger partial charge in [0.1, 0.15) is 5.82 Å². The SMILES string of the molecule is O=C([C@@H]1C[C@H](N2CCN(c3nc4ccc(F)cc4s3)CC2)CN1)N1CCSC1. The predicted octanol–water partition coefficient (Wildman–Crippen LogP) is 1.82. The second-order valence-electron chi connectivity index (χ2n) is 7.62. The quantitative estimate of drug-likeness (QED) is 0.816. The molecule has 0 radical (unpaired) electrons. The van der Waals surface area contributed by atoms with E-state index < -0.39 is 0 Å². The number of thiazole rings is 1. The van der Waals surface area contributed by atoms with Gasteiger partial charge in [-0.1, -0.05) is 11.3 Å². The number of carbonyl (C=O) groups is 1. The molecule has 0 saturated carbocycles. The average molecular weight is 422 g/mol. The standard InChI is InChI=1S/C19H24FN5OS2/c20-13-1-2-15-17(9-13)28-19(22-15)24-5-3-23(4-6-24)14-10-16(21-11-14)18(26)25-7-8-27-12-25/h1-2,9,14,16,21H,3-8,10-12H2/t14-,16-/m0/s1. The number of hydrogen-bond acceptors (Lipinski definition) is 7. The first-order chi connectivity index (χ1) is 13.7. The average Bonchev–Trinajstić information content (AvgIpc) is 3.47. The van der Waals surface area contributed by atoms with E-state index >= 15 is 0 Å². The molecule has 0 aliphatic carbocycles. The molecule has 6 nitrogen and oxygen atoms in total. The lowest BCUT2D eigenvalue weighted by Crippen LogP contribution is -2.51. The highest BCUT2D eigenvalue weighted by molar-refractivity contribution is 7.99. The van der Waals surface area contributed by atoms with Gasteiger partial charge in [0, 0.05) is 51.1 Å². The molecule has 3 aliphatic heterocycles. The first kappa shape index (κ1) is 18.6.